The zero-order valence-electron chi connectivity index (χ0n) is 17.4. The first-order chi connectivity index (χ1) is 15.5. The summed E-state index contributed by atoms with van der Waals surface area (Å²) < 4.78 is 32.9. The highest BCUT2D eigenvalue weighted by Crippen LogP contribution is 2.34. The fourth-order valence-electron chi connectivity index (χ4n) is 4.46. The summed E-state index contributed by atoms with van der Waals surface area (Å²) >= 11 is 0. The van der Waals surface area contributed by atoms with Crippen LogP contribution in [0.15, 0.2) is 65.7 Å². The number of carbonyl (C=O) groups excluding carboxylic acids is 1. The summed E-state index contributed by atoms with van der Waals surface area (Å²) in [7, 11) is -3.67. The number of amides is 1. The molecule has 2 aromatic carbocycles. The molecule has 2 aliphatic heterocycles. The van der Waals surface area contributed by atoms with Crippen LogP contribution in [-0.2, 0) is 19.4 Å². The van der Waals surface area contributed by atoms with Gasteiger partial charge in [0.15, 0.2) is 9.84 Å². The molecule has 9 heteroatoms. The Morgan fingerprint density at radius 1 is 0.969 bits per heavy atom. The molecular formula is C23H24N4O4S. The first-order valence-corrected chi connectivity index (χ1v) is 12.1. The number of sulfone groups is 1. The second-order valence-corrected chi connectivity index (χ2v) is 10.3. The highest BCUT2D eigenvalue weighted by molar-refractivity contribution is 7.92. The van der Waals surface area contributed by atoms with Gasteiger partial charge in [-0.2, -0.15) is 5.10 Å². The second-order valence-electron chi connectivity index (χ2n) is 8.19. The molecule has 166 valence electrons. The molecule has 8 nitrogen and oxygen atoms in total. The Hall–Kier alpha value is -3.01. The number of morpholine rings is 1. The maximum Gasteiger partial charge on any atom is 0.246 e. The first kappa shape index (κ1) is 20.9. The zero-order valence-corrected chi connectivity index (χ0v) is 18.2. The third-order valence-electron chi connectivity index (χ3n) is 6.30. The Labute approximate surface area is 186 Å². The summed E-state index contributed by atoms with van der Waals surface area (Å²) in [6.07, 6.45) is 2.23. The van der Waals surface area contributed by atoms with Crippen molar-refractivity contribution in [2.75, 3.05) is 26.2 Å². The van der Waals surface area contributed by atoms with Crippen LogP contribution in [0.25, 0.3) is 22.4 Å². The Bertz CT molecular complexity index is 1200. The number of piperidine rings is 1. The molecule has 0 saturated carbocycles. The van der Waals surface area contributed by atoms with Crippen LogP contribution in [0.5, 0.6) is 0 Å². The molecule has 3 heterocycles. The van der Waals surface area contributed by atoms with Crippen molar-refractivity contribution in [2.24, 2.45) is 0 Å². The summed E-state index contributed by atoms with van der Waals surface area (Å²) in [6, 6.07) is 16.8. The Morgan fingerprint density at radius 2 is 1.66 bits per heavy atom. The monoisotopic (exact) mass is 452 g/mol. The van der Waals surface area contributed by atoms with Crippen LogP contribution in [-0.4, -0.2) is 61.6 Å². The SMILES string of the molecule is O=C1COC2(CCNCC2S(=O)(=O)c2ccc(-c3ccc(-c4ccn[nH]4)cc3)cc2)CN1. The van der Waals surface area contributed by atoms with E-state index in [1.54, 1.807) is 18.3 Å². The number of hydrogen-bond acceptors (Lipinski definition) is 6. The molecule has 0 bridgehead atoms. The maximum absolute atomic E-state index is 13.5. The van der Waals surface area contributed by atoms with Gasteiger partial charge in [-0.05, 0) is 47.9 Å². The lowest BCUT2D eigenvalue weighted by Crippen LogP contribution is -2.66. The minimum atomic E-state index is -3.67. The number of nitrogens with one attached hydrogen (secondary N) is 3. The molecule has 2 unspecified atom stereocenters. The van der Waals surface area contributed by atoms with E-state index in [9.17, 15) is 13.2 Å². The number of H-pyrrole nitrogens is 1. The van der Waals surface area contributed by atoms with Gasteiger partial charge in [-0.3, -0.25) is 9.89 Å². The lowest BCUT2D eigenvalue weighted by Gasteiger charge is -2.45. The highest BCUT2D eigenvalue weighted by atomic mass is 32.2. The lowest BCUT2D eigenvalue weighted by molar-refractivity contribution is -0.146. The maximum atomic E-state index is 13.5. The summed E-state index contributed by atoms with van der Waals surface area (Å²) in [5.74, 6) is -0.215. The van der Waals surface area contributed by atoms with E-state index in [1.165, 1.54) is 0 Å². The molecule has 3 N–H and O–H groups in total. The molecule has 1 spiro atoms. The Balaban J connectivity index is 1.39. The van der Waals surface area contributed by atoms with Gasteiger partial charge in [0.1, 0.15) is 17.5 Å². The zero-order chi connectivity index (χ0) is 22.2. The van der Waals surface area contributed by atoms with Crippen molar-refractivity contribution in [3.05, 3.63) is 60.8 Å². The number of aromatic nitrogens is 2. The van der Waals surface area contributed by atoms with Crippen LogP contribution in [0.3, 0.4) is 0 Å². The Morgan fingerprint density at radius 3 is 2.28 bits per heavy atom. The van der Waals surface area contributed by atoms with Crippen LogP contribution in [0.2, 0.25) is 0 Å². The molecule has 2 fully saturated rings. The van der Waals surface area contributed by atoms with Gasteiger partial charge in [0.2, 0.25) is 5.91 Å². The molecule has 0 radical (unpaired) electrons. The molecular weight excluding hydrogens is 428 g/mol. The van der Waals surface area contributed by atoms with Gasteiger partial charge >= 0.3 is 0 Å². The number of aromatic amines is 1. The predicted octanol–water partition coefficient (Wildman–Crippen LogP) is 1.76. The van der Waals surface area contributed by atoms with Crippen molar-refractivity contribution in [1.82, 2.24) is 20.8 Å². The van der Waals surface area contributed by atoms with Crippen molar-refractivity contribution in [3.63, 3.8) is 0 Å². The molecule has 2 atom stereocenters. The summed E-state index contributed by atoms with van der Waals surface area (Å²) in [4.78, 5) is 11.8. The van der Waals surface area contributed by atoms with Crippen LogP contribution in [0.1, 0.15) is 6.42 Å². The average molecular weight is 453 g/mol. The van der Waals surface area contributed by atoms with Gasteiger partial charge in [0.05, 0.1) is 10.6 Å². The molecule has 2 aliphatic rings. The molecule has 3 aromatic rings. The minimum Gasteiger partial charge on any atom is -0.362 e. The normalized spacial score (nSPS) is 23.8. The van der Waals surface area contributed by atoms with Crippen molar-refractivity contribution in [1.29, 1.82) is 0 Å². The number of carbonyl (C=O) groups is 1. The number of nitrogens with zero attached hydrogens (tertiary/aromatic N) is 1. The standard InChI is InChI=1S/C23H24N4O4S/c28-22-14-31-23(15-25-22)10-12-24-13-21(23)32(29,30)19-7-5-17(6-8-19)16-1-3-18(4-2-16)20-9-11-26-27-20/h1-9,11,21,24H,10,12-15H2,(H,25,28)(H,26,27). The topological polar surface area (TPSA) is 113 Å². The number of benzene rings is 2. The van der Waals surface area contributed by atoms with E-state index in [0.717, 1.165) is 22.4 Å². The largest absolute Gasteiger partial charge is 0.362 e. The van der Waals surface area contributed by atoms with Crippen molar-refractivity contribution >= 4 is 15.7 Å². The fraction of sp³-hybridized carbons (Fsp3) is 0.304. The number of hydrogen-bond donors (Lipinski definition) is 3. The molecule has 1 aromatic heterocycles. The summed E-state index contributed by atoms with van der Waals surface area (Å²) in [5, 5.41) is 12.1. The van der Waals surface area contributed by atoms with Crippen LogP contribution in [0.4, 0.5) is 0 Å². The summed E-state index contributed by atoms with van der Waals surface area (Å²) in [6.45, 7) is 1.03. The van der Waals surface area contributed by atoms with Crippen LogP contribution < -0.4 is 10.6 Å². The molecule has 5 rings (SSSR count). The third kappa shape index (κ3) is 3.72. The predicted molar refractivity (Wildman–Crippen MR) is 120 cm³/mol. The van der Waals surface area contributed by atoms with Gasteiger partial charge in [-0.15, -0.1) is 0 Å². The van der Waals surface area contributed by atoms with Crippen LogP contribution in [0, 0.1) is 0 Å². The van der Waals surface area contributed by atoms with Gasteiger partial charge in [0.25, 0.3) is 0 Å². The quantitative estimate of drug-likeness (QED) is 0.556. The van der Waals surface area contributed by atoms with Gasteiger partial charge in [-0.1, -0.05) is 36.4 Å². The molecule has 2 saturated heterocycles. The first-order valence-electron chi connectivity index (χ1n) is 10.5. The van der Waals surface area contributed by atoms with Gasteiger partial charge in [-0.25, -0.2) is 8.42 Å². The highest BCUT2D eigenvalue weighted by Gasteiger charge is 2.51. The van der Waals surface area contributed by atoms with E-state index in [4.69, 9.17) is 4.74 Å². The molecule has 1 amide bonds. The smallest absolute Gasteiger partial charge is 0.246 e. The van der Waals surface area contributed by atoms with Crippen molar-refractivity contribution < 1.29 is 17.9 Å². The van der Waals surface area contributed by atoms with Crippen LogP contribution >= 0.6 is 0 Å². The molecule has 32 heavy (non-hydrogen) atoms. The summed E-state index contributed by atoms with van der Waals surface area (Å²) in [5.41, 5.74) is 2.98. The number of ether oxygens (including phenoxy) is 1. The van der Waals surface area contributed by atoms with E-state index >= 15 is 0 Å². The van der Waals surface area contributed by atoms with Gasteiger partial charge < -0.3 is 15.4 Å². The van der Waals surface area contributed by atoms with E-state index in [1.807, 2.05) is 42.5 Å². The Kier molecular flexibility index (Phi) is 5.32. The third-order valence-corrected chi connectivity index (χ3v) is 8.58. The second kappa shape index (κ2) is 8.16. The van der Waals surface area contributed by atoms with Crippen molar-refractivity contribution in [2.45, 2.75) is 22.2 Å². The van der Waals surface area contributed by atoms with Gasteiger partial charge in [0, 0.05) is 19.3 Å². The minimum absolute atomic E-state index is 0.112. The van der Waals surface area contributed by atoms with Crippen molar-refractivity contribution in [3.8, 4) is 22.4 Å². The van der Waals surface area contributed by atoms with E-state index in [2.05, 4.69) is 20.8 Å². The van der Waals surface area contributed by atoms with E-state index < -0.39 is 20.7 Å². The number of rotatable bonds is 4. The molecule has 0 aliphatic carbocycles. The van der Waals surface area contributed by atoms with E-state index in [0.29, 0.717) is 13.0 Å². The van der Waals surface area contributed by atoms with E-state index in [-0.39, 0.29) is 30.5 Å². The fourth-order valence-corrected chi connectivity index (χ4v) is 6.48. The lowest BCUT2D eigenvalue weighted by atomic mass is 9.90. The average Bonchev–Trinajstić information content (AvgIpc) is 3.37.